The minimum Gasteiger partial charge on any atom is -0.548 e. The number of aliphatic carboxylic acids is 1. The lowest BCUT2D eigenvalue weighted by Gasteiger charge is -2.24. The number of sulfonamides is 1. The fourth-order valence-corrected chi connectivity index (χ4v) is 4.05. The van der Waals surface area contributed by atoms with Gasteiger partial charge in [-0.25, -0.2) is 8.42 Å². The Hall–Kier alpha value is -0.860. The first-order valence-corrected chi connectivity index (χ1v) is 7.79. The maximum absolute atomic E-state index is 12.4. The van der Waals surface area contributed by atoms with Crippen LogP contribution < -0.4 is 5.11 Å². The number of hydrogen-bond donors (Lipinski definition) is 1. The topological polar surface area (TPSA) is 97.7 Å². The lowest BCUT2D eigenvalue weighted by molar-refractivity contribution is -0.309. The predicted molar refractivity (Wildman–Crippen MR) is 69.8 cm³/mol. The summed E-state index contributed by atoms with van der Waals surface area (Å²) in [7, 11) is -4.10. The molecule has 0 radical (unpaired) electrons. The highest BCUT2D eigenvalue weighted by Gasteiger charge is 2.40. The van der Waals surface area contributed by atoms with Crippen LogP contribution in [0.15, 0.2) is 23.1 Å². The second-order valence-electron chi connectivity index (χ2n) is 4.37. The van der Waals surface area contributed by atoms with Gasteiger partial charge in [0.05, 0.1) is 33.1 Å². The number of aliphatic hydroxyl groups excluding tert-OH is 1. The molecule has 20 heavy (non-hydrogen) atoms. The highest BCUT2D eigenvalue weighted by molar-refractivity contribution is 7.89. The molecule has 1 aliphatic rings. The molecular weight excluding hydrogens is 329 g/mol. The minimum absolute atomic E-state index is 0.0393. The van der Waals surface area contributed by atoms with Crippen molar-refractivity contribution in [3.05, 3.63) is 28.2 Å². The second-order valence-corrected chi connectivity index (χ2v) is 7.08. The van der Waals surface area contributed by atoms with E-state index in [2.05, 4.69) is 0 Å². The fourth-order valence-electron chi connectivity index (χ4n) is 2.04. The molecule has 2 rings (SSSR count). The van der Waals surface area contributed by atoms with Crippen LogP contribution in [0.4, 0.5) is 0 Å². The van der Waals surface area contributed by atoms with E-state index >= 15 is 0 Å². The Kier molecular flexibility index (Phi) is 4.27. The maximum atomic E-state index is 12.4. The van der Waals surface area contributed by atoms with Gasteiger partial charge in [-0.1, -0.05) is 23.2 Å². The second kappa shape index (κ2) is 5.50. The molecule has 0 aliphatic carbocycles. The van der Waals surface area contributed by atoms with Gasteiger partial charge in [-0.2, -0.15) is 4.31 Å². The van der Waals surface area contributed by atoms with Crippen LogP contribution in [0.1, 0.15) is 6.42 Å². The Labute approximate surface area is 125 Å². The van der Waals surface area contributed by atoms with Crippen LogP contribution in [0, 0.1) is 0 Å². The monoisotopic (exact) mass is 338 g/mol. The summed E-state index contributed by atoms with van der Waals surface area (Å²) in [6.45, 7) is -0.304. The Morgan fingerprint density at radius 3 is 2.55 bits per heavy atom. The van der Waals surface area contributed by atoms with Gasteiger partial charge < -0.3 is 15.0 Å². The number of halogens is 2. The van der Waals surface area contributed by atoms with E-state index in [0.717, 1.165) is 6.07 Å². The van der Waals surface area contributed by atoms with Gasteiger partial charge in [0.25, 0.3) is 0 Å². The van der Waals surface area contributed by atoms with Crippen molar-refractivity contribution < 1.29 is 23.4 Å². The van der Waals surface area contributed by atoms with Gasteiger partial charge in [0.2, 0.25) is 10.0 Å². The van der Waals surface area contributed by atoms with Gasteiger partial charge in [-0.3, -0.25) is 0 Å². The average molecular weight is 339 g/mol. The molecule has 1 saturated heterocycles. The molecule has 1 fully saturated rings. The summed E-state index contributed by atoms with van der Waals surface area (Å²) in [5.74, 6) is -1.55. The Balaban J connectivity index is 2.43. The third-order valence-electron chi connectivity index (χ3n) is 3.00. The lowest BCUT2D eigenvalue weighted by atomic mass is 10.2. The third kappa shape index (κ3) is 2.77. The van der Waals surface area contributed by atoms with E-state index in [1.807, 2.05) is 0 Å². The zero-order chi connectivity index (χ0) is 15.1. The fraction of sp³-hybridized carbons (Fsp3) is 0.364. The molecule has 0 unspecified atom stereocenters. The van der Waals surface area contributed by atoms with Gasteiger partial charge in [-0.15, -0.1) is 0 Å². The van der Waals surface area contributed by atoms with E-state index in [4.69, 9.17) is 23.2 Å². The molecule has 9 heteroatoms. The van der Waals surface area contributed by atoms with Gasteiger partial charge in [0.15, 0.2) is 0 Å². The molecule has 1 aromatic rings. The first-order valence-electron chi connectivity index (χ1n) is 5.59. The van der Waals surface area contributed by atoms with Crippen molar-refractivity contribution in [2.45, 2.75) is 23.5 Å². The minimum atomic E-state index is -4.10. The molecule has 0 spiro atoms. The van der Waals surface area contributed by atoms with Crippen LogP contribution >= 0.6 is 23.2 Å². The van der Waals surface area contributed by atoms with Crippen molar-refractivity contribution in [3.63, 3.8) is 0 Å². The van der Waals surface area contributed by atoms with Gasteiger partial charge in [0, 0.05) is 6.54 Å². The first-order chi connectivity index (χ1) is 9.23. The predicted octanol–water partition coefficient (Wildman–Crippen LogP) is -0.133. The number of carbonyl (C=O) groups is 1. The van der Waals surface area contributed by atoms with E-state index in [-0.39, 0.29) is 27.9 Å². The summed E-state index contributed by atoms with van der Waals surface area (Å²) in [6.07, 6.45) is -1.25. The van der Waals surface area contributed by atoms with Gasteiger partial charge in [0.1, 0.15) is 0 Å². The van der Waals surface area contributed by atoms with Crippen molar-refractivity contribution in [2.75, 3.05) is 6.54 Å². The number of benzene rings is 1. The summed E-state index contributed by atoms with van der Waals surface area (Å²) in [5.41, 5.74) is 0. The van der Waals surface area contributed by atoms with Crippen LogP contribution in [0.25, 0.3) is 0 Å². The van der Waals surface area contributed by atoms with Crippen LogP contribution in [0.3, 0.4) is 0 Å². The number of carboxylic acids is 1. The molecule has 0 saturated carbocycles. The molecule has 1 heterocycles. The zero-order valence-corrected chi connectivity index (χ0v) is 12.3. The van der Waals surface area contributed by atoms with E-state index in [1.54, 1.807) is 0 Å². The van der Waals surface area contributed by atoms with Crippen molar-refractivity contribution in [3.8, 4) is 0 Å². The summed E-state index contributed by atoms with van der Waals surface area (Å²) < 4.78 is 25.5. The number of carboxylic acid groups (broad SMARTS) is 1. The lowest BCUT2D eigenvalue weighted by Crippen LogP contribution is -2.46. The van der Waals surface area contributed by atoms with Crippen molar-refractivity contribution in [1.29, 1.82) is 0 Å². The molecule has 6 nitrogen and oxygen atoms in total. The molecule has 0 aromatic heterocycles. The number of rotatable bonds is 3. The van der Waals surface area contributed by atoms with Gasteiger partial charge >= 0.3 is 0 Å². The Bertz CT molecular complexity index is 648. The van der Waals surface area contributed by atoms with E-state index in [0.29, 0.717) is 4.31 Å². The number of aliphatic hydroxyl groups is 1. The van der Waals surface area contributed by atoms with E-state index in [1.165, 1.54) is 12.1 Å². The largest absolute Gasteiger partial charge is 0.548 e. The summed E-state index contributed by atoms with van der Waals surface area (Å²) >= 11 is 11.5. The van der Waals surface area contributed by atoms with Crippen LogP contribution in [0.5, 0.6) is 0 Å². The number of carbonyl (C=O) groups excluding carboxylic acids is 1. The highest BCUT2D eigenvalue weighted by Crippen LogP contribution is 2.30. The van der Waals surface area contributed by atoms with Crippen LogP contribution in [-0.4, -0.2) is 42.5 Å². The van der Waals surface area contributed by atoms with Gasteiger partial charge in [-0.05, 0) is 24.6 Å². The van der Waals surface area contributed by atoms with Crippen LogP contribution in [0.2, 0.25) is 10.0 Å². The smallest absolute Gasteiger partial charge is 0.243 e. The maximum Gasteiger partial charge on any atom is 0.243 e. The number of nitrogens with zero attached hydrogens (tertiary/aromatic N) is 1. The van der Waals surface area contributed by atoms with Crippen molar-refractivity contribution in [2.24, 2.45) is 0 Å². The molecular formula is C11H10Cl2NO5S-. The van der Waals surface area contributed by atoms with Crippen molar-refractivity contribution in [1.82, 2.24) is 4.31 Å². The summed E-state index contributed by atoms with van der Waals surface area (Å²) in [6, 6.07) is 2.26. The normalized spacial score (nSPS) is 23.9. The number of hydrogen-bond acceptors (Lipinski definition) is 5. The third-order valence-corrected chi connectivity index (χ3v) is 5.61. The molecule has 0 amide bonds. The standard InChI is InChI=1S/C11H11Cl2NO5S/c12-8-2-1-7(4-9(8)13)20(18,19)14-5-6(15)3-10(14)11(16)17/h1-2,4,6,10,15H,3,5H2,(H,16,17)/p-1/t6-,10-/m1/s1. The van der Waals surface area contributed by atoms with Crippen LogP contribution in [-0.2, 0) is 14.8 Å². The summed E-state index contributed by atoms with van der Waals surface area (Å²) in [4.78, 5) is 10.8. The molecule has 110 valence electrons. The Morgan fingerprint density at radius 2 is 2.00 bits per heavy atom. The SMILES string of the molecule is O=C([O-])[C@H]1C[C@@H](O)CN1S(=O)(=O)c1ccc(Cl)c(Cl)c1. The molecule has 1 N–H and O–H groups in total. The molecule has 0 bridgehead atoms. The van der Waals surface area contributed by atoms with E-state index in [9.17, 15) is 23.4 Å². The zero-order valence-electron chi connectivity index (χ0n) is 9.99. The molecule has 1 aromatic carbocycles. The van der Waals surface area contributed by atoms with E-state index < -0.39 is 28.1 Å². The number of β-amino-alcohol motifs (C(OH)–C–C–N with tert-alkyl or cyclic N) is 1. The van der Waals surface area contributed by atoms with Crippen molar-refractivity contribution >= 4 is 39.2 Å². The first kappa shape index (κ1) is 15.5. The highest BCUT2D eigenvalue weighted by atomic mass is 35.5. The molecule has 1 aliphatic heterocycles. The average Bonchev–Trinajstić information content (AvgIpc) is 2.75. The molecule has 2 atom stereocenters. The Morgan fingerprint density at radius 1 is 1.35 bits per heavy atom. The quantitative estimate of drug-likeness (QED) is 0.827. The summed E-state index contributed by atoms with van der Waals surface area (Å²) in [5, 5.41) is 20.7.